The van der Waals surface area contributed by atoms with Gasteiger partial charge in [-0.2, -0.15) is 0 Å². The summed E-state index contributed by atoms with van der Waals surface area (Å²) in [5, 5.41) is 10.7. The van der Waals surface area contributed by atoms with Crippen molar-refractivity contribution in [3.63, 3.8) is 0 Å². The maximum atomic E-state index is 11.5. The molecule has 0 aliphatic carbocycles. The average molecular weight is 283 g/mol. The molecule has 1 amide bonds. The molecule has 1 aromatic carbocycles. The van der Waals surface area contributed by atoms with Crippen LogP contribution in [0.25, 0.3) is 0 Å². The maximum Gasteiger partial charge on any atom is 0.273 e. The Kier molecular flexibility index (Phi) is 4.87. The van der Waals surface area contributed by atoms with E-state index in [4.69, 9.17) is 15.3 Å². The summed E-state index contributed by atoms with van der Waals surface area (Å²) >= 11 is 0. The summed E-state index contributed by atoms with van der Waals surface area (Å²) in [6.45, 7) is 3.37. The van der Waals surface area contributed by atoms with Crippen molar-refractivity contribution in [3.05, 3.63) is 28.3 Å². The van der Waals surface area contributed by atoms with Gasteiger partial charge in [0.05, 0.1) is 23.5 Å². The number of non-ortho nitro benzene ring substituents is 1. The van der Waals surface area contributed by atoms with Gasteiger partial charge in [0.1, 0.15) is 6.61 Å². The quantitative estimate of drug-likeness (QED) is 0.348. The SMILES string of the molecule is COc1cc([N+](=O)[O-])ccc1OCC(C)(C)C(=O)NN. The fourth-order valence-electron chi connectivity index (χ4n) is 1.41. The summed E-state index contributed by atoms with van der Waals surface area (Å²) in [7, 11) is 1.38. The molecule has 3 N–H and O–H groups in total. The number of nitro groups is 1. The summed E-state index contributed by atoms with van der Waals surface area (Å²) in [6.07, 6.45) is 0. The molecule has 8 heteroatoms. The minimum absolute atomic E-state index is 0.0458. The summed E-state index contributed by atoms with van der Waals surface area (Å²) < 4.78 is 10.5. The smallest absolute Gasteiger partial charge is 0.273 e. The Morgan fingerprint density at radius 3 is 2.60 bits per heavy atom. The highest BCUT2D eigenvalue weighted by molar-refractivity contribution is 5.81. The van der Waals surface area contributed by atoms with E-state index < -0.39 is 10.3 Å². The number of benzene rings is 1. The van der Waals surface area contributed by atoms with Crippen LogP contribution in [0.2, 0.25) is 0 Å². The number of methoxy groups -OCH3 is 1. The first-order valence-electron chi connectivity index (χ1n) is 5.78. The zero-order chi connectivity index (χ0) is 15.3. The molecule has 0 fully saturated rings. The van der Waals surface area contributed by atoms with E-state index in [0.717, 1.165) is 0 Å². The van der Waals surface area contributed by atoms with Crippen molar-refractivity contribution in [2.45, 2.75) is 13.8 Å². The number of nitrogens with zero attached hydrogens (tertiary/aromatic N) is 1. The van der Waals surface area contributed by atoms with Gasteiger partial charge in [0.15, 0.2) is 11.5 Å². The molecule has 0 radical (unpaired) electrons. The Bertz CT molecular complexity index is 516. The van der Waals surface area contributed by atoms with Gasteiger partial charge in [0.2, 0.25) is 5.91 Å². The van der Waals surface area contributed by atoms with E-state index in [1.54, 1.807) is 13.8 Å². The molecule has 1 aromatic rings. The van der Waals surface area contributed by atoms with Crippen LogP contribution in [-0.4, -0.2) is 24.5 Å². The summed E-state index contributed by atoms with van der Waals surface area (Å²) in [6, 6.07) is 3.98. The van der Waals surface area contributed by atoms with Crippen LogP contribution in [0.5, 0.6) is 11.5 Å². The van der Waals surface area contributed by atoms with Crippen molar-refractivity contribution in [2.75, 3.05) is 13.7 Å². The lowest BCUT2D eigenvalue weighted by atomic mass is 9.94. The molecular formula is C12H17N3O5. The fourth-order valence-corrected chi connectivity index (χ4v) is 1.41. The monoisotopic (exact) mass is 283 g/mol. The number of nitro benzene ring substituents is 1. The minimum atomic E-state index is -0.846. The zero-order valence-corrected chi connectivity index (χ0v) is 11.5. The van der Waals surface area contributed by atoms with E-state index in [1.807, 2.05) is 0 Å². The van der Waals surface area contributed by atoms with Crippen molar-refractivity contribution >= 4 is 11.6 Å². The summed E-state index contributed by atoms with van der Waals surface area (Å²) in [5.74, 6) is 5.25. The Morgan fingerprint density at radius 2 is 2.10 bits per heavy atom. The van der Waals surface area contributed by atoms with Crippen LogP contribution in [0.4, 0.5) is 5.69 Å². The second-order valence-electron chi connectivity index (χ2n) is 4.74. The minimum Gasteiger partial charge on any atom is -0.493 e. The molecule has 0 aromatic heterocycles. The number of hydrogen-bond acceptors (Lipinski definition) is 6. The molecule has 0 heterocycles. The van der Waals surface area contributed by atoms with Crippen LogP contribution in [0.3, 0.4) is 0 Å². The predicted molar refractivity (Wildman–Crippen MR) is 71.3 cm³/mol. The van der Waals surface area contributed by atoms with Crippen molar-refractivity contribution in [1.82, 2.24) is 5.43 Å². The number of ether oxygens (including phenoxy) is 2. The Hall–Kier alpha value is -2.35. The zero-order valence-electron chi connectivity index (χ0n) is 11.5. The van der Waals surface area contributed by atoms with Gasteiger partial charge < -0.3 is 9.47 Å². The van der Waals surface area contributed by atoms with Gasteiger partial charge in [0, 0.05) is 6.07 Å². The molecule has 0 bridgehead atoms. The predicted octanol–water partition coefficient (Wildman–Crippen LogP) is 0.998. The third-order valence-corrected chi connectivity index (χ3v) is 2.69. The normalized spacial score (nSPS) is 10.8. The van der Waals surface area contributed by atoms with E-state index in [1.165, 1.54) is 25.3 Å². The van der Waals surface area contributed by atoms with Crippen LogP contribution in [0.15, 0.2) is 18.2 Å². The van der Waals surface area contributed by atoms with E-state index in [-0.39, 0.29) is 24.0 Å². The fraction of sp³-hybridized carbons (Fsp3) is 0.417. The van der Waals surface area contributed by atoms with Gasteiger partial charge in [-0.25, -0.2) is 5.84 Å². The molecule has 0 saturated carbocycles. The van der Waals surface area contributed by atoms with Gasteiger partial charge >= 0.3 is 0 Å². The number of amides is 1. The molecule has 0 atom stereocenters. The lowest BCUT2D eigenvalue weighted by Gasteiger charge is -2.22. The molecule has 0 spiro atoms. The van der Waals surface area contributed by atoms with Crippen LogP contribution in [-0.2, 0) is 4.79 Å². The number of nitrogens with one attached hydrogen (secondary N) is 1. The molecule has 0 aliphatic rings. The maximum absolute atomic E-state index is 11.5. The van der Waals surface area contributed by atoms with Gasteiger partial charge in [-0.1, -0.05) is 0 Å². The standard InChI is InChI=1S/C12H17N3O5/c1-12(2,11(16)14-13)7-20-9-5-4-8(15(17)18)6-10(9)19-3/h4-6H,7,13H2,1-3H3,(H,14,16). The van der Waals surface area contributed by atoms with Crippen molar-refractivity contribution in [2.24, 2.45) is 11.3 Å². The lowest BCUT2D eigenvalue weighted by Crippen LogP contribution is -2.44. The first-order chi connectivity index (χ1) is 9.31. The summed E-state index contributed by atoms with van der Waals surface area (Å²) in [4.78, 5) is 21.7. The molecule has 20 heavy (non-hydrogen) atoms. The number of hydrogen-bond donors (Lipinski definition) is 2. The second-order valence-corrected chi connectivity index (χ2v) is 4.74. The highest BCUT2D eigenvalue weighted by Crippen LogP contribution is 2.32. The van der Waals surface area contributed by atoms with Crippen molar-refractivity contribution in [3.8, 4) is 11.5 Å². The molecule has 8 nitrogen and oxygen atoms in total. The van der Waals surface area contributed by atoms with E-state index in [0.29, 0.717) is 5.75 Å². The number of carbonyl (C=O) groups is 1. The molecule has 0 saturated heterocycles. The van der Waals surface area contributed by atoms with Crippen molar-refractivity contribution < 1.29 is 19.2 Å². The van der Waals surface area contributed by atoms with Gasteiger partial charge in [0.25, 0.3) is 5.69 Å². The summed E-state index contributed by atoms with van der Waals surface area (Å²) in [5.41, 5.74) is 1.11. The highest BCUT2D eigenvalue weighted by atomic mass is 16.6. The van der Waals surface area contributed by atoms with Crippen LogP contribution >= 0.6 is 0 Å². The highest BCUT2D eigenvalue weighted by Gasteiger charge is 2.28. The average Bonchev–Trinajstić information content (AvgIpc) is 2.43. The van der Waals surface area contributed by atoms with Crippen LogP contribution in [0.1, 0.15) is 13.8 Å². The number of hydrazine groups is 1. The molecule has 0 unspecified atom stereocenters. The van der Waals surface area contributed by atoms with E-state index >= 15 is 0 Å². The first kappa shape index (κ1) is 15.7. The first-order valence-corrected chi connectivity index (χ1v) is 5.78. The lowest BCUT2D eigenvalue weighted by molar-refractivity contribution is -0.385. The molecule has 0 aliphatic heterocycles. The van der Waals surface area contributed by atoms with Crippen LogP contribution in [0, 0.1) is 15.5 Å². The Labute approximate surface area is 116 Å². The molecule has 110 valence electrons. The van der Waals surface area contributed by atoms with Crippen molar-refractivity contribution in [1.29, 1.82) is 0 Å². The largest absolute Gasteiger partial charge is 0.493 e. The van der Waals surface area contributed by atoms with Crippen LogP contribution < -0.4 is 20.7 Å². The molecule has 1 rings (SSSR count). The van der Waals surface area contributed by atoms with Gasteiger partial charge in [-0.15, -0.1) is 0 Å². The topological polar surface area (TPSA) is 117 Å². The Balaban J connectivity index is 2.88. The number of nitrogens with two attached hydrogens (primary N) is 1. The molecular weight excluding hydrogens is 266 g/mol. The number of carbonyl (C=O) groups excluding carboxylic acids is 1. The van der Waals surface area contributed by atoms with E-state index in [2.05, 4.69) is 5.43 Å². The van der Waals surface area contributed by atoms with Gasteiger partial charge in [-0.3, -0.25) is 20.3 Å². The second kappa shape index (κ2) is 6.20. The van der Waals surface area contributed by atoms with E-state index in [9.17, 15) is 14.9 Å². The third kappa shape index (κ3) is 3.58. The van der Waals surface area contributed by atoms with Gasteiger partial charge in [-0.05, 0) is 19.9 Å². The third-order valence-electron chi connectivity index (χ3n) is 2.69. The number of rotatable bonds is 6. The Morgan fingerprint density at radius 1 is 1.45 bits per heavy atom.